The zero-order valence-corrected chi connectivity index (χ0v) is 13.8. The first-order chi connectivity index (χ1) is 9.94. The highest BCUT2D eigenvalue weighted by molar-refractivity contribution is 5.68. The molecule has 2 aliphatic rings. The Morgan fingerprint density at radius 2 is 2.00 bits per heavy atom. The van der Waals surface area contributed by atoms with E-state index >= 15 is 0 Å². The van der Waals surface area contributed by atoms with Gasteiger partial charge in [0.1, 0.15) is 5.60 Å². The molecular formula is C16H31N3O2. The number of hydrogen-bond acceptors (Lipinski definition) is 4. The van der Waals surface area contributed by atoms with Crippen molar-refractivity contribution in [1.82, 2.24) is 15.5 Å². The molecule has 0 bridgehead atoms. The summed E-state index contributed by atoms with van der Waals surface area (Å²) < 4.78 is 5.43. The predicted octanol–water partition coefficient (Wildman–Crippen LogP) is 1.98. The minimum absolute atomic E-state index is 0.169. The van der Waals surface area contributed by atoms with E-state index < -0.39 is 5.60 Å². The van der Waals surface area contributed by atoms with Crippen LogP contribution in [0, 0.1) is 5.92 Å². The second kappa shape index (κ2) is 7.45. The summed E-state index contributed by atoms with van der Waals surface area (Å²) in [6.07, 6.45) is 4.51. The summed E-state index contributed by atoms with van der Waals surface area (Å²) in [5.74, 6) is 0.766. The molecule has 0 aliphatic carbocycles. The van der Waals surface area contributed by atoms with Crippen LogP contribution in [0.2, 0.25) is 0 Å². The van der Waals surface area contributed by atoms with Gasteiger partial charge in [-0.3, -0.25) is 0 Å². The van der Waals surface area contributed by atoms with E-state index in [1.54, 1.807) is 0 Å². The van der Waals surface area contributed by atoms with Crippen LogP contribution in [0.25, 0.3) is 0 Å². The molecule has 2 saturated heterocycles. The first kappa shape index (κ1) is 16.6. The lowest BCUT2D eigenvalue weighted by atomic mass is 9.98. The summed E-state index contributed by atoms with van der Waals surface area (Å²) in [6.45, 7) is 10.8. The van der Waals surface area contributed by atoms with E-state index in [1.807, 2.05) is 25.7 Å². The van der Waals surface area contributed by atoms with Gasteiger partial charge in [-0.05, 0) is 72.0 Å². The zero-order chi connectivity index (χ0) is 15.3. The standard InChI is InChI=1S/C16H31N3O2/c1-16(2,3)21-15(20)19-9-6-14(7-10-19)18-12-13-5-4-8-17-11-13/h13-14,17-18H,4-12H2,1-3H3. The molecule has 0 saturated carbocycles. The second-order valence-electron chi connectivity index (χ2n) is 7.36. The first-order valence-corrected chi connectivity index (χ1v) is 8.36. The molecule has 2 N–H and O–H groups in total. The Balaban J connectivity index is 1.64. The molecule has 0 aromatic rings. The fourth-order valence-electron chi connectivity index (χ4n) is 3.02. The molecule has 1 atom stereocenters. The topological polar surface area (TPSA) is 53.6 Å². The minimum Gasteiger partial charge on any atom is -0.444 e. The Bertz CT molecular complexity index is 327. The number of ether oxygens (including phenoxy) is 1. The Kier molecular flexibility index (Phi) is 5.88. The normalized spacial score (nSPS) is 24.9. The highest BCUT2D eigenvalue weighted by Crippen LogP contribution is 2.16. The molecule has 5 heteroatoms. The van der Waals surface area contributed by atoms with E-state index in [-0.39, 0.29) is 6.09 Å². The number of rotatable bonds is 3. The average Bonchev–Trinajstić information content (AvgIpc) is 2.45. The third-order valence-electron chi connectivity index (χ3n) is 4.24. The van der Waals surface area contributed by atoms with Crippen molar-refractivity contribution in [3.05, 3.63) is 0 Å². The van der Waals surface area contributed by atoms with E-state index in [1.165, 1.54) is 19.4 Å². The van der Waals surface area contributed by atoms with Crippen LogP contribution in [-0.4, -0.2) is 55.4 Å². The average molecular weight is 297 g/mol. The van der Waals surface area contributed by atoms with E-state index in [9.17, 15) is 4.79 Å². The van der Waals surface area contributed by atoms with Crippen molar-refractivity contribution in [2.45, 2.75) is 58.1 Å². The largest absolute Gasteiger partial charge is 0.444 e. The van der Waals surface area contributed by atoms with E-state index in [0.717, 1.165) is 44.9 Å². The van der Waals surface area contributed by atoms with Crippen LogP contribution in [0.1, 0.15) is 46.5 Å². The van der Waals surface area contributed by atoms with Crippen molar-refractivity contribution in [1.29, 1.82) is 0 Å². The van der Waals surface area contributed by atoms with E-state index in [4.69, 9.17) is 4.74 Å². The summed E-state index contributed by atoms with van der Waals surface area (Å²) in [6, 6.07) is 0.547. The second-order valence-corrected chi connectivity index (χ2v) is 7.36. The molecule has 2 aliphatic heterocycles. The lowest BCUT2D eigenvalue weighted by Gasteiger charge is -2.34. The van der Waals surface area contributed by atoms with Gasteiger partial charge in [-0.15, -0.1) is 0 Å². The number of likely N-dealkylation sites (tertiary alicyclic amines) is 1. The maximum atomic E-state index is 12.0. The van der Waals surface area contributed by atoms with Gasteiger partial charge >= 0.3 is 6.09 Å². The first-order valence-electron chi connectivity index (χ1n) is 8.36. The summed E-state index contributed by atoms with van der Waals surface area (Å²) in [4.78, 5) is 13.8. The summed E-state index contributed by atoms with van der Waals surface area (Å²) in [5, 5.41) is 7.14. The van der Waals surface area contributed by atoms with Crippen molar-refractivity contribution in [2.24, 2.45) is 5.92 Å². The molecule has 2 heterocycles. The zero-order valence-electron chi connectivity index (χ0n) is 13.8. The van der Waals surface area contributed by atoms with Gasteiger partial charge in [-0.25, -0.2) is 4.79 Å². The van der Waals surface area contributed by atoms with Crippen molar-refractivity contribution in [3.8, 4) is 0 Å². The van der Waals surface area contributed by atoms with E-state index in [0.29, 0.717) is 6.04 Å². The molecule has 0 spiro atoms. The number of amides is 1. The molecule has 122 valence electrons. The number of nitrogens with one attached hydrogen (secondary N) is 2. The van der Waals surface area contributed by atoms with Gasteiger partial charge in [0.25, 0.3) is 0 Å². The van der Waals surface area contributed by atoms with Crippen molar-refractivity contribution in [3.63, 3.8) is 0 Å². The SMILES string of the molecule is CC(C)(C)OC(=O)N1CCC(NCC2CCCNC2)CC1. The van der Waals surface area contributed by atoms with Crippen LogP contribution in [0.5, 0.6) is 0 Å². The highest BCUT2D eigenvalue weighted by atomic mass is 16.6. The molecule has 21 heavy (non-hydrogen) atoms. The summed E-state index contributed by atoms with van der Waals surface area (Å²) in [7, 11) is 0. The maximum absolute atomic E-state index is 12.0. The van der Waals surface area contributed by atoms with Crippen LogP contribution in [0.3, 0.4) is 0 Å². The third kappa shape index (κ3) is 5.83. The number of nitrogens with zero attached hydrogens (tertiary/aromatic N) is 1. The number of carbonyl (C=O) groups excluding carboxylic acids is 1. The van der Waals surface area contributed by atoms with Gasteiger partial charge < -0.3 is 20.3 Å². The maximum Gasteiger partial charge on any atom is 0.410 e. The monoisotopic (exact) mass is 297 g/mol. The van der Waals surface area contributed by atoms with Crippen molar-refractivity contribution < 1.29 is 9.53 Å². The quantitative estimate of drug-likeness (QED) is 0.836. The molecular weight excluding hydrogens is 266 g/mol. The molecule has 2 fully saturated rings. The van der Waals surface area contributed by atoms with Crippen molar-refractivity contribution in [2.75, 3.05) is 32.7 Å². The lowest BCUT2D eigenvalue weighted by Crippen LogP contribution is -2.48. The molecule has 1 amide bonds. The Morgan fingerprint density at radius 1 is 1.29 bits per heavy atom. The van der Waals surface area contributed by atoms with Crippen LogP contribution < -0.4 is 10.6 Å². The smallest absolute Gasteiger partial charge is 0.410 e. The van der Waals surface area contributed by atoms with Crippen LogP contribution >= 0.6 is 0 Å². The molecule has 0 radical (unpaired) electrons. The Labute approximate surface area is 128 Å². The fourth-order valence-corrected chi connectivity index (χ4v) is 3.02. The molecule has 2 rings (SSSR count). The summed E-state index contributed by atoms with van der Waals surface area (Å²) in [5.41, 5.74) is -0.403. The highest BCUT2D eigenvalue weighted by Gasteiger charge is 2.27. The minimum atomic E-state index is -0.403. The lowest BCUT2D eigenvalue weighted by molar-refractivity contribution is 0.0197. The predicted molar refractivity (Wildman–Crippen MR) is 84.4 cm³/mol. The molecule has 5 nitrogen and oxygen atoms in total. The van der Waals surface area contributed by atoms with Crippen LogP contribution in [0.15, 0.2) is 0 Å². The fraction of sp³-hybridized carbons (Fsp3) is 0.938. The van der Waals surface area contributed by atoms with Gasteiger partial charge in [0.15, 0.2) is 0 Å². The van der Waals surface area contributed by atoms with Crippen LogP contribution in [-0.2, 0) is 4.74 Å². The van der Waals surface area contributed by atoms with E-state index in [2.05, 4.69) is 10.6 Å². The number of piperidine rings is 2. The van der Waals surface area contributed by atoms with Crippen LogP contribution in [0.4, 0.5) is 4.79 Å². The number of hydrogen-bond donors (Lipinski definition) is 2. The van der Waals surface area contributed by atoms with Gasteiger partial charge in [0, 0.05) is 19.1 Å². The summed E-state index contributed by atoms with van der Waals surface area (Å²) >= 11 is 0. The van der Waals surface area contributed by atoms with Crippen molar-refractivity contribution >= 4 is 6.09 Å². The molecule has 0 aromatic heterocycles. The Morgan fingerprint density at radius 3 is 2.57 bits per heavy atom. The number of carbonyl (C=O) groups is 1. The van der Waals surface area contributed by atoms with Gasteiger partial charge in [-0.2, -0.15) is 0 Å². The van der Waals surface area contributed by atoms with Gasteiger partial charge in [-0.1, -0.05) is 0 Å². The molecule has 1 unspecified atom stereocenters. The molecule has 0 aromatic carbocycles. The Hall–Kier alpha value is -0.810. The third-order valence-corrected chi connectivity index (χ3v) is 4.24. The van der Waals surface area contributed by atoms with Gasteiger partial charge in [0.2, 0.25) is 0 Å². The van der Waals surface area contributed by atoms with Gasteiger partial charge in [0.05, 0.1) is 0 Å².